The maximum atomic E-state index is 3.44. The fourth-order valence-corrected chi connectivity index (χ4v) is 1.29. The predicted molar refractivity (Wildman–Crippen MR) is 53.4 cm³/mol. The van der Waals surface area contributed by atoms with Crippen LogP contribution in [0.2, 0.25) is 0 Å². The first-order valence-corrected chi connectivity index (χ1v) is 4.75. The minimum atomic E-state index is 0.599. The molecule has 1 radical (unpaired) electrons. The van der Waals surface area contributed by atoms with Crippen LogP contribution in [0.5, 0.6) is 0 Å². The number of benzene rings is 1. The minimum Gasteiger partial charge on any atom is -0.0651 e. The van der Waals surface area contributed by atoms with Crippen LogP contribution < -0.4 is 0 Å². The average Bonchev–Trinajstić information content (AvgIpc) is 2.05. The maximum Gasteiger partial charge on any atom is -0.0112 e. The van der Waals surface area contributed by atoms with Crippen LogP contribution in [0.25, 0.3) is 0 Å². The van der Waals surface area contributed by atoms with E-state index in [1.54, 1.807) is 0 Å². The molecule has 0 saturated carbocycles. The lowest BCUT2D eigenvalue weighted by Gasteiger charge is -2.06. The fraction of sp³-hybridized carbons (Fsp3) is 0.500. The molecule has 1 aromatic carbocycles. The first-order valence-electron chi connectivity index (χ1n) is 4.75. The Balaban J connectivity index is 2.81. The summed E-state index contributed by atoms with van der Waals surface area (Å²) in [6.07, 6.45) is 2.36. The molecular formula is C12H17. The Hall–Kier alpha value is -0.780. The molecule has 0 saturated heterocycles. The highest BCUT2D eigenvalue weighted by Gasteiger charge is 1.99. The Morgan fingerprint density at radius 1 is 1.33 bits per heavy atom. The van der Waals surface area contributed by atoms with Crippen LogP contribution >= 0.6 is 0 Å². The quantitative estimate of drug-likeness (QED) is 0.636. The average molecular weight is 161 g/mol. The second-order valence-electron chi connectivity index (χ2n) is 3.54. The Bertz CT molecular complexity index is 236. The van der Waals surface area contributed by atoms with E-state index in [1.807, 2.05) is 0 Å². The van der Waals surface area contributed by atoms with Crippen LogP contribution in [0.1, 0.15) is 44.2 Å². The summed E-state index contributed by atoms with van der Waals surface area (Å²) < 4.78 is 0. The highest BCUT2D eigenvalue weighted by Crippen LogP contribution is 2.15. The van der Waals surface area contributed by atoms with Gasteiger partial charge in [0.25, 0.3) is 0 Å². The highest BCUT2D eigenvalue weighted by atomic mass is 14.0. The lowest BCUT2D eigenvalue weighted by Crippen LogP contribution is -1.90. The smallest absolute Gasteiger partial charge is 0.0112 e. The Kier molecular flexibility index (Phi) is 3.33. The Labute approximate surface area is 75.6 Å². The number of hydrogen-bond donors (Lipinski definition) is 0. The van der Waals surface area contributed by atoms with Crippen molar-refractivity contribution in [1.82, 2.24) is 0 Å². The zero-order chi connectivity index (χ0) is 8.97. The fourth-order valence-electron chi connectivity index (χ4n) is 1.29. The van der Waals surface area contributed by atoms with Gasteiger partial charge in [0.2, 0.25) is 0 Å². The van der Waals surface area contributed by atoms with Gasteiger partial charge in [-0.15, -0.1) is 0 Å². The zero-order valence-corrected chi connectivity index (χ0v) is 8.22. The molecule has 0 heterocycles. The van der Waals surface area contributed by atoms with Crippen LogP contribution in [0.15, 0.2) is 18.2 Å². The molecule has 0 spiro atoms. The molecule has 0 aliphatic rings. The van der Waals surface area contributed by atoms with Crippen molar-refractivity contribution in [2.45, 2.75) is 39.5 Å². The van der Waals surface area contributed by atoms with Crippen LogP contribution in [0, 0.1) is 6.07 Å². The van der Waals surface area contributed by atoms with Gasteiger partial charge in [0, 0.05) is 0 Å². The zero-order valence-electron chi connectivity index (χ0n) is 8.22. The first-order chi connectivity index (χ1) is 5.74. The van der Waals surface area contributed by atoms with E-state index in [-0.39, 0.29) is 0 Å². The van der Waals surface area contributed by atoms with Crippen molar-refractivity contribution in [3.05, 3.63) is 35.4 Å². The lowest BCUT2D eigenvalue weighted by molar-refractivity contribution is 0.851. The number of rotatable bonds is 3. The van der Waals surface area contributed by atoms with Crippen molar-refractivity contribution in [1.29, 1.82) is 0 Å². The van der Waals surface area contributed by atoms with Gasteiger partial charge in [0.05, 0.1) is 0 Å². The molecule has 65 valence electrons. The van der Waals surface area contributed by atoms with E-state index >= 15 is 0 Å². The van der Waals surface area contributed by atoms with Crippen molar-refractivity contribution in [2.75, 3.05) is 0 Å². The summed E-state index contributed by atoms with van der Waals surface area (Å²) in [5.74, 6) is 0.599. The van der Waals surface area contributed by atoms with Gasteiger partial charge >= 0.3 is 0 Å². The monoisotopic (exact) mass is 161 g/mol. The van der Waals surface area contributed by atoms with Crippen molar-refractivity contribution in [3.63, 3.8) is 0 Å². The molecule has 0 nitrogen and oxygen atoms in total. The van der Waals surface area contributed by atoms with Gasteiger partial charge in [0.1, 0.15) is 0 Å². The largest absolute Gasteiger partial charge is 0.0651 e. The van der Waals surface area contributed by atoms with Gasteiger partial charge in [-0.2, -0.15) is 0 Å². The van der Waals surface area contributed by atoms with Crippen LogP contribution in [-0.2, 0) is 6.42 Å². The van der Waals surface area contributed by atoms with E-state index in [4.69, 9.17) is 0 Å². The lowest BCUT2D eigenvalue weighted by atomic mass is 9.99. The molecule has 0 amide bonds. The van der Waals surface area contributed by atoms with Gasteiger partial charge in [0.15, 0.2) is 0 Å². The van der Waals surface area contributed by atoms with Gasteiger partial charge in [-0.25, -0.2) is 0 Å². The van der Waals surface area contributed by atoms with E-state index in [9.17, 15) is 0 Å². The SMILES string of the molecule is CCCc1[c]c(C(C)C)ccc1. The predicted octanol–water partition coefficient (Wildman–Crippen LogP) is 3.56. The van der Waals surface area contributed by atoms with E-state index in [2.05, 4.69) is 45.0 Å². The second kappa shape index (κ2) is 4.30. The van der Waals surface area contributed by atoms with Crippen molar-refractivity contribution in [2.24, 2.45) is 0 Å². The van der Waals surface area contributed by atoms with Gasteiger partial charge in [-0.05, 0) is 29.5 Å². The van der Waals surface area contributed by atoms with E-state index < -0.39 is 0 Å². The number of hydrogen-bond acceptors (Lipinski definition) is 0. The third-order valence-electron chi connectivity index (χ3n) is 2.02. The van der Waals surface area contributed by atoms with Crippen molar-refractivity contribution >= 4 is 0 Å². The van der Waals surface area contributed by atoms with E-state index in [0.717, 1.165) is 6.42 Å². The molecule has 0 atom stereocenters. The Morgan fingerprint density at radius 3 is 2.67 bits per heavy atom. The molecule has 0 unspecified atom stereocenters. The van der Waals surface area contributed by atoms with Crippen molar-refractivity contribution in [3.8, 4) is 0 Å². The van der Waals surface area contributed by atoms with Gasteiger partial charge in [-0.1, -0.05) is 45.4 Å². The van der Waals surface area contributed by atoms with Crippen LogP contribution in [-0.4, -0.2) is 0 Å². The molecule has 0 aromatic heterocycles. The van der Waals surface area contributed by atoms with E-state index in [0.29, 0.717) is 5.92 Å². The molecule has 0 heteroatoms. The second-order valence-corrected chi connectivity index (χ2v) is 3.54. The summed E-state index contributed by atoms with van der Waals surface area (Å²) >= 11 is 0. The molecule has 0 bridgehead atoms. The van der Waals surface area contributed by atoms with Crippen LogP contribution in [0.3, 0.4) is 0 Å². The summed E-state index contributed by atoms with van der Waals surface area (Å²) in [6.45, 7) is 6.62. The summed E-state index contributed by atoms with van der Waals surface area (Å²) in [6, 6.07) is 9.90. The standard InChI is InChI=1S/C12H17/c1-4-6-11-7-5-8-12(9-11)10(2)3/h5,7-8,10H,4,6H2,1-3H3. The van der Waals surface area contributed by atoms with Crippen molar-refractivity contribution < 1.29 is 0 Å². The van der Waals surface area contributed by atoms with Gasteiger partial charge in [-0.3, -0.25) is 0 Å². The molecule has 12 heavy (non-hydrogen) atoms. The molecule has 0 aliphatic carbocycles. The Morgan fingerprint density at radius 2 is 2.08 bits per heavy atom. The summed E-state index contributed by atoms with van der Waals surface area (Å²) in [5.41, 5.74) is 2.68. The summed E-state index contributed by atoms with van der Waals surface area (Å²) in [7, 11) is 0. The molecule has 1 rings (SSSR count). The molecular weight excluding hydrogens is 144 g/mol. The molecule has 0 fully saturated rings. The minimum absolute atomic E-state index is 0.599. The highest BCUT2D eigenvalue weighted by molar-refractivity contribution is 5.24. The maximum absolute atomic E-state index is 3.44. The van der Waals surface area contributed by atoms with Gasteiger partial charge < -0.3 is 0 Å². The molecule has 0 aliphatic heterocycles. The normalized spacial score (nSPS) is 10.7. The summed E-state index contributed by atoms with van der Waals surface area (Å²) in [4.78, 5) is 0. The topological polar surface area (TPSA) is 0 Å². The third-order valence-corrected chi connectivity index (χ3v) is 2.02. The van der Waals surface area contributed by atoms with Crippen LogP contribution in [0.4, 0.5) is 0 Å². The number of aryl methyl sites for hydroxylation is 1. The molecule has 0 N–H and O–H groups in total. The summed E-state index contributed by atoms with van der Waals surface area (Å²) in [5, 5.41) is 0. The third kappa shape index (κ3) is 2.37. The first kappa shape index (κ1) is 9.31. The van der Waals surface area contributed by atoms with E-state index in [1.165, 1.54) is 17.5 Å². The molecule has 1 aromatic rings.